The van der Waals surface area contributed by atoms with Gasteiger partial charge < -0.3 is 9.84 Å². The van der Waals surface area contributed by atoms with Crippen LogP contribution >= 0.6 is 23.2 Å². The standard InChI is InChI=1S/C15H14Cl2O2/c1-19-14-4-2-3-12(17)15(14)13(18)9-10-5-7-11(16)8-6-10/h2-8,13,18H,9H2,1H3. The molecule has 0 spiro atoms. The second kappa shape index (κ2) is 6.29. The van der Waals surface area contributed by atoms with Gasteiger partial charge in [-0.15, -0.1) is 0 Å². The summed E-state index contributed by atoms with van der Waals surface area (Å²) in [6, 6.07) is 12.7. The summed E-state index contributed by atoms with van der Waals surface area (Å²) in [5, 5.41) is 11.5. The van der Waals surface area contributed by atoms with Crippen LogP contribution < -0.4 is 4.74 Å². The number of ether oxygens (including phenoxy) is 1. The van der Waals surface area contributed by atoms with Gasteiger partial charge in [0.05, 0.1) is 18.2 Å². The minimum atomic E-state index is -0.718. The monoisotopic (exact) mass is 296 g/mol. The van der Waals surface area contributed by atoms with Crippen LogP contribution in [0.2, 0.25) is 10.0 Å². The highest BCUT2D eigenvalue weighted by Crippen LogP contribution is 2.33. The lowest BCUT2D eigenvalue weighted by Crippen LogP contribution is -2.05. The van der Waals surface area contributed by atoms with Gasteiger partial charge in [0.25, 0.3) is 0 Å². The predicted molar refractivity (Wildman–Crippen MR) is 78.1 cm³/mol. The van der Waals surface area contributed by atoms with E-state index in [1.165, 1.54) is 0 Å². The van der Waals surface area contributed by atoms with Crippen molar-refractivity contribution in [2.75, 3.05) is 7.11 Å². The third kappa shape index (κ3) is 3.41. The summed E-state index contributed by atoms with van der Waals surface area (Å²) in [6.45, 7) is 0. The molecular weight excluding hydrogens is 283 g/mol. The summed E-state index contributed by atoms with van der Waals surface area (Å²) < 4.78 is 5.24. The average molecular weight is 297 g/mol. The van der Waals surface area contributed by atoms with E-state index in [2.05, 4.69) is 0 Å². The van der Waals surface area contributed by atoms with Crippen LogP contribution in [0.1, 0.15) is 17.2 Å². The topological polar surface area (TPSA) is 29.5 Å². The molecule has 0 saturated heterocycles. The van der Waals surface area contributed by atoms with Crippen molar-refractivity contribution in [3.63, 3.8) is 0 Å². The Morgan fingerprint density at radius 3 is 2.42 bits per heavy atom. The quantitative estimate of drug-likeness (QED) is 0.912. The lowest BCUT2D eigenvalue weighted by molar-refractivity contribution is 0.174. The molecule has 19 heavy (non-hydrogen) atoms. The van der Waals surface area contributed by atoms with Crippen LogP contribution in [0.25, 0.3) is 0 Å². The molecule has 0 aliphatic rings. The highest BCUT2D eigenvalue weighted by molar-refractivity contribution is 6.31. The molecule has 1 N–H and O–H groups in total. The number of aliphatic hydroxyl groups excluding tert-OH is 1. The van der Waals surface area contributed by atoms with E-state index in [1.807, 2.05) is 12.1 Å². The molecule has 100 valence electrons. The molecule has 4 heteroatoms. The Balaban J connectivity index is 2.24. The Hall–Kier alpha value is -1.22. The summed E-state index contributed by atoms with van der Waals surface area (Å²) in [5.74, 6) is 0.592. The van der Waals surface area contributed by atoms with E-state index in [1.54, 1.807) is 37.4 Å². The third-order valence-corrected chi connectivity index (χ3v) is 3.49. The predicted octanol–water partition coefficient (Wildman–Crippen LogP) is 4.28. The molecule has 0 saturated carbocycles. The van der Waals surface area contributed by atoms with Crippen molar-refractivity contribution in [3.8, 4) is 5.75 Å². The number of aliphatic hydroxyl groups is 1. The minimum Gasteiger partial charge on any atom is -0.496 e. The van der Waals surface area contributed by atoms with Gasteiger partial charge in [-0.1, -0.05) is 41.4 Å². The van der Waals surface area contributed by atoms with Gasteiger partial charge in [-0.05, 0) is 29.8 Å². The molecule has 1 unspecified atom stereocenters. The van der Waals surface area contributed by atoms with Crippen molar-refractivity contribution in [1.82, 2.24) is 0 Å². The van der Waals surface area contributed by atoms with Gasteiger partial charge in [0, 0.05) is 17.0 Å². The third-order valence-electron chi connectivity index (χ3n) is 2.91. The number of halogens is 2. The molecule has 0 bridgehead atoms. The van der Waals surface area contributed by atoms with Crippen LogP contribution in [-0.4, -0.2) is 12.2 Å². The zero-order valence-electron chi connectivity index (χ0n) is 10.4. The maximum Gasteiger partial charge on any atom is 0.126 e. The lowest BCUT2D eigenvalue weighted by atomic mass is 10.0. The summed E-state index contributed by atoms with van der Waals surface area (Å²) in [5.41, 5.74) is 1.60. The van der Waals surface area contributed by atoms with Gasteiger partial charge in [-0.25, -0.2) is 0 Å². The molecule has 2 rings (SSSR count). The number of methoxy groups -OCH3 is 1. The van der Waals surface area contributed by atoms with Crippen LogP contribution in [0, 0.1) is 0 Å². The second-order valence-corrected chi connectivity index (χ2v) is 5.05. The Morgan fingerprint density at radius 1 is 1.11 bits per heavy atom. The molecule has 0 aliphatic heterocycles. The summed E-state index contributed by atoms with van der Waals surface area (Å²) in [7, 11) is 1.56. The maximum atomic E-state index is 10.3. The fourth-order valence-corrected chi connectivity index (χ4v) is 2.38. The molecule has 0 amide bonds. The second-order valence-electron chi connectivity index (χ2n) is 4.20. The van der Waals surface area contributed by atoms with Crippen molar-refractivity contribution in [1.29, 1.82) is 0 Å². The molecule has 0 radical (unpaired) electrons. The van der Waals surface area contributed by atoms with Gasteiger partial charge in [0.1, 0.15) is 5.75 Å². The molecule has 0 fully saturated rings. The summed E-state index contributed by atoms with van der Waals surface area (Å²) in [4.78, 5) is 0. The molecule has 2 aromatic rings. The molecular formula is C15H14Cl2O2. The van der Waals surface area contributed by atoms with Gasteiger partial charge >= 0.3 is 0 Å². The summed E-state index contributed by atoms with van der Waals surface area (Å²) in [6.07, 6.45) is -0.262. The van der Waals surface area contributed by atoms with Gasteiger partial charge in [0.2, 0.25) is 0 Å². The van der Waals surface area contributed by atoms with Crippen molar-refractivity contribution in [3.05, 3.63) is 63.6 Å². The SMILES string of the molecule is COc1cccc(Cl)c1C(O)Cc1ccc(Cl)cc1. The van der Waals surface area contributed by atoms with Crippen LogP contribution in [0.3, 0.4) is 0 Å². The first-order valence-electron chi connectivity index (χ1n) is 5.86. The van der Waals surface area contributed by atoms with Crippen molar-refractivity contribution in [2.24, 2.45) is 0 Å². The minimum absolute atomic E-state index is 0.456. The van der Waals surface area contributed by atoms with Crippen LogP contribution in [0.4, 0.5) is 0 Å². The molecule has 2 nitrogen and oxygen atoms in total. The average Bonchev–Trinajstić information content (AvgIpc) is 2.40. The molecule has 1 atom stereocenters. The fourth-order valence-electron chi connectivity index (χ4n) is 1.96. The smallest absolute Gasteiger partial charge is 0.126 e. The van der Waals surface area contributed by atoms with Crippen LogP contribution in [-0.2, 0) is 6.42 Å². The van der Waals surface area contributed by atoms with E-state index in [4.69, 9.17) is 27.9 Å². The van der Waals surface area contributed by atoms with Crippen LogP contribution in [0.15, 0.2) is 42.5 Å². The first kappa shape index (κ1) is 14.2. The maximum absolute atomic E-state index is 10.3. The first-order chi connectivity index (χ1) is 9.11. The lowest BCUT2D eigenvalue weighted by Gasteiger charge is -2.16. The zero-order chi connectivity index (χ0) is 13.8. The molecule has 0 heterocycles. The van der Waals surface area contributed by atoms with E-state index in [0.717, 1.165) is 5.56 Å². The Labute approximate surface area is 122 Å². The number of hydrogen-bond donors (Lipinski definition) is 1. The van der Waals surface area contributed by atoms with E-state index in [-0.39, 0.29) is 0 Å². The molecule has 0 aliphatic carbocycles. The summed E-state index contributed by atoms with van der Waals surface area (Å²) >= 11 is 12.0. The normalized spacial score (nSPS) is 12.2. The van der Waals surface area contributed by atoms with E-state index in [0.29, 0.717) is 27.8 Å². The van der Waals surface area contributed by atoms with E-state index >= 15 is 0 Å². The van der Waals surface area contributed by atoms with E-state index < -0.39 is 6.10 Å². The fraction of sp³-hybridized carbons (Fsp3) is 0.200. The van der Waals surface area contributed by atoms with Crippen molar-refractivity contribution in [2.45, 2.75) is 12.5 Å². The zero-order valence-corrected chi connectivity index (χ0v) is 11.9. The van der Waals surface area contributed by atoms with Crippen molar-refractivity contribution >= 4 is 23.2 Å². The van der Waals surface area contributed by atoms with Gasteiger partial charge in [0.15, 0.2) is 0 Å². The van der Waals surface area contributed by atoms with E-state index in [9.17, 15) is 5.11 Å². The van der Waals surface area contributed by atoms with Crippen LogP contribution in [0.5, 0.6) is 5.75 Å². The highest BCUT2D eigenvalue weighted by atomic mass is 35.5. The Kier molecular flexibility index (Phi) is 4.70. The Bertz CT molecular complexity index is 553. The number of hydrogen-bond acceptors (Lipinski definition) is 2. The Morgan fingerprint density at radius 2 is 1.79 bits per heavy atom. The highest BCUT2D eigenvalue weighted by Gasteiger charge is 2.17. The number of benzene rings is 2. The largest absolute Gasteiger partial charge is 0.496 e. The van der Waals surface area contributed by atoms with Gasteiger partial charge in [-0.3, -0.25) is 0 Å². The first-order valence-corrected chi connectivity index (χ1v) is 6.62. The molecule has 2 aromatic carbocycles. The van der Waals surface area contributed by atoms with Gasteiger partial charge in [-0.2, -0.15) is 0 Å². The number of rotatable bonds is 4. The van der Waals surface area contributed by atoms with Crippen molar-refractivity contribution < 1.29 is 9.84 Å². The molecule has 0 aromatic heterocycles.